The van der Waals surface area contributed by atoms with Crippen molar-refractivity contribution in [2.24, 2.45) is 0 Å². The molecule has 0 spiro atoms. The molecule has 0 aromatic rings. The first-order valence-corrected chi connectivity index (χ1v) is 4.86. The van der Waals surface area contributed by atoms with Crippen molar-refractivity contribution in [3.05, 3.63) is 0 Å². The fraction of sp³-hybridized carbons (Fsp3) is 0.857. The fourth-order valence-electron chi connectivity index (χ4n) is 0.653. The maximum absolute atomic E-state index is 11.1. The number of carbonyl (C=O) groups excluding carboxylic acids is 1. The van der Waals surface area contributed by atoms with Crippen molar-refractivity contribution in [2.75, 3.05) is 6.26 Å². The van der Waals surface area contributed by atoms with Gasteiger partial charge in [0, 0.05) is 6.04 Å². The van der Waals surface area contributed by atoms with Crippen LogP contribution >= 0.6 is 11.8 Å². The van der Waals surface area contributed by atoms with Gasteiger partial charge in [-0.05, 0) is 26.0 Å². The van der Waals surface area contributed by atoms with Crippen LogP contribution in [0, 0.1) is 0 Å². The Hall–Kier alpha value is -0.180. The number of hydrogen-bond donors (Lipinski definition) is 1. The van der Waals surface area contributed by atoms with Crippen molar-refractivity contribution >= 4 is 17.7 Å². The Bertz CT molecular complexity index is 134. The van der Waals surface area contributed by atoms with Gasteiger partial charge in [-0.3, -0.25) is 4.79 Å². The quantitative estimate of drug-likeness (QED) is 0.666. The molecule has 1 saturated carbocycles. The topological polar surface area (TPSA) is 29.1 Å². The Labute approximate surface area is 65.8 Å². The molecule has 0 saturated heterocycles. The van der Waals surface area contributed by atoms with Gasteiger partial charge in [0.15, 0.2) is 0 Å². The Kier molecular flexibility index (Phi) is 2.60. The lowest BCUT2D eigenvalue weighted by atomic mass is 10.4. The summed E-state index contributed by atoms with van der Waals surface area (Å²) in [5, 5.41) is 3.06. The number of carbonyl (C=O) groups is 1. The molecule has 58 valence electrons. The van der Waals surface area contributed by atoms with Crippen LogP contribution in [0.1, 0.15) is 19.8 Å². The minimum Gasteiger partial charge on any atom is -0.352 e. The maximum atomic E-state index is 11.1. The molecule has 1 unspecified atom stereocenters. The summed E-state index contributed by atoms with van der Waals surface area (Å²) in [5.74, 6) is 0.190. The van der Waals surface area contributed by atoms with Crippen LogP contribution in [-0.2, 0) is 4.79 Å². The lowest BCUT2D eigenvalue weighted by molar-refractivity contribution is -0.120. The molecular formula is C7H13NOS. The molecule has 0 aromatic heterocycles. The van der Waals surface area contributed by atoms with E-state index >= 15 is 0 Å². The average molecular weight is 159 g/mol. The smallest absolute Gasteiger partial charge is 0.233 e. The van der Waals surface area contributed by atoms with Crippen LogP contribution in [0.2, 0.25) is 0 Å². The van der Waals surface area contributed by atoms with Gasteiger partial charge in [0.05, 0.1) is 5.25 Å². The van der Waals surface area contributed by atoms with Gasteiger partial charge in [0.25, 0.3) is 0 Å². The van der Waals surface area contributed by atoms with E-state index in [-0.39, 0.29) is 11.2 Å². The van der Waals surface area contributed by atoms with Crippen molar-refractivity contribution in [1.29, 1.82) is 0 Å². The van der Waals surface area contributed by atoms with Gasteiger partial charge in [-0.25, -0.2) is 0 Å². The fourth-order valence-corrected chi connectivity index (χ4v) is 0.935. The molecule has 1 amide bonds. The highest BCUT2D eigenvalue weighted by molar-refractivity contribution is 7.99. The predicted octanol–water partition coefficient (Wildman–Crippen LogP) is 1.02. The molecule has 0 aliphatic heterocycles. The van der Waals surface area contributed by atoms with E-state index < -0.39 is 0 Å². The van der Waals surface area contributed by atoms with E-state index in [4.69, 9.17) is 0 Å². The zero-order valence-corrected chi connectivity index (χ0v) is 7.20. The Balaban J connectivity index is 2.18. The van der Waals surface area contributed by atoms with Gasteiger partial charge in [0.2, 0.25) is 5.91 Å². The van der Waals surface area contributed by atoms with Crippen LogP contribution in [0.4, 0.5) is 0 Å². The van der Waals surface area contributed by atoms with E-state index in [2.05, 4.69) is 5.32 Å². The highest BCUT2D eigenvalue weighted by Crippen LogP contribution is 2.19. The monoisotopic (exact) mass is 159 g/mol. The van der Waals surface area contributed by atoms with Crippen molar-refractivity contribution < 1.29 is 4.79 Å². The summed E-state index contributed by atoms with van der Waals surface area (Å²) in [7, 11) is 0. The lowest BCUT2D eigenvalue weighted by Crippen LogP contribution is -2.32. The van der Waals surface area contributed by atoms with Crippen LogP contribution in [0.15, 0.2) is 0 Å². The van der Waals surface area contributed by atoms with Crippen LogP contribution in [0.5, 0.6) is 0 Å². The molecule has 0 radical (unpaired) electrons. The second-order valence-electron chi connectivity index (χ2n) is 2.66. The molecule has 2 nitrogen and oxygen atoms in total. The first-order chi connectivity index (χ1) is 4.74. The Morgan fingerprint density at radius 3 is 2.70 bits per heavy atom. The number of nitrogens with one attached hydrogen (secondary N) is 1. The molecule has 1 aliphatic carbocycles. The maximum Gasteiger partial charge on any atom is 0.233 e. The SMILES string of the molecule is CSC(C)C(=O)NC1CC1. The number of amides is 1. The van der Waals surface area contributed by atoms with E-state index in [1.807, 2.05) is 13.2 Å². The van der Waals surface area contributed by atoms with E-state index in [9.17, 15) is 4.79 Å². The van der Waals surface area contributed by atoms with Crippen molar-refractivity contribution in [2.45, 2.75) is 31.1 Å². The van der Waals surface area contributed by atoms with Gasteiger partial charge in [-0.1, -0.05) is 0 Å². The summed E-state index contributed by atoms with van der Waals surface area (Å²) >= 11 is 1.59. The van der Waals surface area contributed by atoms with E-state index in [1.54, 1.807) is 11.8 Å². The molecular weight excluding hydrogens is 146 g/mol. The molecule has 3 heteroatoms. The van der Waals surface area contributed by atoms with Gasteiger partial charge in [-0.2, -0.15) is 11.8 Å². The molecule has 0 bridgehead atoms. The second-order valence-corrected chi connectivity index (χ2v) is 3.84. The standard InChI is InChI=1S/C7H13NOS/c1-5(10-2)7(9)8-6-3-4-6/h5-6H,3-4H2,1-2H3,(H,8,9). The first-order valence-electron chi connectivity index (χ1n) is 3.57. The van der Waals surface area contributed by atoms with Gasteiger partial charge < -0.3 is 5.32 Å². The summed E-state index contributed by atoms with van der Waals surface area (Å²) in [6.45, 7) is 1.93. The summed E-state index contributed by atoms with van der Waals surface area (Å²) in [6, 6.07) is 0.502. The molecule has 1 rings (SSSR count). The third-order valence-electron chi connectivity index (χ3n) is 1.65. The highest BCUT2D eigenvalue weighted by atomic mass is 32.2. The van der Waals surface area contributed by atoms with E-state index in [0.717, 1.165) is 0 Å². The molecule has 10 heavy (non-hydrogen) atoms. The van der Waals surface area contributed by atoms with Crippen molar-refractivity contribution in [1.82, 2.24) is 5.32 Å². The zero-order chi connectivity index (χ0) is 7.56. The predicted molar refractivity (Wildman–Crippen MR) is 44.1 cm³/mol. The third kappa shape index (κ3) is 2.21. The second kappa shape index (κ2) is 3.28. The van der Waals surface area contributed by atoms with E-state index in [0.29, 0.717) is 6.04 Å². The highest BCUT2D eigenvalue weighted by Gasteiger charge is 2.24. The van der Waals surface area contributed by atoms with Gasteiger partial charge >= 0.3 is 0 Å². The first kappa shape index (κ1) is 7.92. The Morgan fingerprint density at radius 1 is 1.70 bits per heavy atom. The molecule has 1 aliphatic rings. The normalized spacial score (nSPS) is 20.2. The zero-order valence-electron chi connectivity index (χ0n) is 6.39. The van der Waals surface area contributed by atoms with Gasteiger partial charge in [0.1, 0.15) is 0 Å². The molecule has 0 heterocycles. The van der Waals surface area contributed by atoms with Crippen LogP contribution < -0.4 is 5.32 Å². The average Bonchev–Trinajstić information content (AvgIpc) is 2.70. The minimum absolute atomic E-state index is 0.112. The summed E-state index contributed by atoms with van der Waals surface area (Å²) in [4.78, 5) is 11.1. The van der Waals surface area contributed by atoms with Crippen molar-refractivity contribution in [3.8, 4) is 0 Å². The largest absolute Gasteiger partial charge is 0.352 e. The molecule has 1 atom stereocenters. The minimum atomic E-state index is 0.112. The Morgan fingerprint density at radius 2 is 2.30 bits per heavy atom. The lowest BCUT2D eigenvalue weighted by Gasteiger charge is -2.07. The molecule has 0 aromatic carbocycles. The van der Waals surface area contributed by atoms with Crippen LogP contribution in [0.3, 0.4) is 0 Å². The summed E-state index contributed by atoms with van der Waals surface area (Å²) in [5.41, 5.74) is 0. The van der Waals surface area contributed by atoms with Crippen molar-refractivity contribution in [3.63, 3.8) is 0 Å². The number of thioether (sulfide) groups is 1. The third-order valence-corrected chi connectivity index (χ3v) is 2.57. The molecule has 1 N–H and O–H groups in total. The van der Waals surface area contributed by atoms with E-state index in [1.165, 1.54) is 12.8 Å². The van der Waals surface area contributed by atoms with Crippen LogP contribution in [0.25, 0.3) is 0 Å². The number of hydrogen-bond acceptors (Lipinski definition) is 2. The van der Waals surface area contributed by atoms with Crippen LogP contribution in [-0.4, -0.2) is 23.5 Å². The van der Waals surface area contributed by atoms with Gasteiger partial charge in [-0.15, -0.1) is 0 Å². The summed E-state index contributed by atoms with van der Waals surface area (Å²) < 4.78 is 0. The number of rotatable bonds is 3. The molecule has 1 fully saturated rings. The summed E-state index contributed by atoms with van der Waals surface area (Å²) in [6.07, 6.45) is 4.30.